The molecule has 108 valence electrons. The second kappa shape index (κ2) is 6.79. The molecule has 1 saturated heterocycles. The zero-order valence-electron chi connectivity index (χ0n) is 11.3. The Morgan fingerprint density at radius 1 is 1.40 bits per heavy atom. The summed E-state index contributed by atoms with van der Waals surface area (Å²) in [7, 11) is 0. The number of hydrogen-bond acceptors (Lipinski definition) is 4. The zero-order chi connectivity index (χ0) is 14.4. The Hall–Kier alpha value is -2.24. The van der Waals surface area contributed by atoms with Crippen molar-refractivity contribution in [2.75, 3.05) is 32.0 Å². The lowest BCUT2D eigenvalue weighted by atomic mass is 10.3. The number of benzene rings is 1. The van der Waals surface area contributed by atoms with Crippen molar-refractivity contribution in [1.29, 1.82) is 0 Å². The molecule has 1 aliphatic rings. The van der Waals surface area contributed by atoms with E-state index in [0.717, 1.165) is 6.42 Å². The molecule has 1 aromatic carbocycles. The molecule has 3 N–H and O–H groups in total. The van der Waals surface area contributed by atoms with E-state index in [1.54, 1.807) is 17.0 Å². The predicted octanol–water partition coefficient (Wildman–Crippen LogP) is 0.386. The third-order valence-electron chi connectivity index (χ3n) is 3.11. The van der Waals surface area contributed by atoms with Crippen molar-refractivity contribution in [2.24, 2.45) is 0 Å². The van der Waals surface area contributed by atoms with Crippen LogP contribution in [0.3, 0.4) is 0 Å². The number of carbonyl (C=O) groups excluding carboxylic acids is 2. The van der Waals surface area contributed by atoms with E-state index in [2.05, 4.69) is 5.32 Å². The summed E-state index contributed by atoms with van der Waals surface area (Å²) < 4.78 is 5.48. The van der Waals surface area contributed by atoms with E-state index in [9.17, 15) is 9.59 Å². The molecule has 2 rings (SSSR count). The Morgan fingerprint density at radius 2 is 2.20 bits per heavy atom. The first-order chi connectivity index (χ1) is 9.66. The molecule has 1 fully saturated rings. The lowest BCUT2D eigenvalue weighted by molar-refractivity contribution is -0.135. The van der Waals surface area contributed by atoms with E-state index in [4.69, 9.17) is 10.5 Å². The molecule has 1 heterocycles. The molecule has 0 saturated carbocycles. The molecule has 0 bridgehead atoms. The van der Waals surface area contributed by atoms with Crippen molar-refractivity contribution in [1.82, 2.24) is 10.2 Å². The number of nitrogens with zero attached hydrogens (tertiary/aromatic N) is 1. The lowest BCUT2D eigenvalue weighted by Crippen LogP contribution is -2.37. The molecule has 0 aromatic heterocycles. The van der Waals surface area contributed by atoms with E-state index >= 15 is 0 Å². The molecule has 0 aliphatic carbocycles. The van der Waals surface area contributed by atoms with Crippen LogP contribution in [0, 0.1) is 0 Å². The summed E-state index contributed by atoms with van der Waals surface area (Å²) in [4.78, 5) is 25.0. The van der Waals surface area contributed by atoms with Crippen molar-refractivity contribution in [3.63, 3.8) is 0 Å². The first-order valence-corrected chi connectivity index (χ1v) is 6.68. The number of amides is 2. The molecule has 0 spiro atoms. The minimum Gasteiger partial charge on any atom is -0.491 e. The third-order valence-corrected chi connectivity index (χ3v) is 3.11. The van der Waals surface area contributed by atoms with Crippen LogP contribution in [0.25, 0.3) is 0 Å². The predicted molar refractivity (Wildman–Crippen MR) is 75.2 cm³/mol. The fourth-order valence-corrected chi connectivity index (χ4v) is 2.04. The lowest BCUT2D eigenvalue weighted by Gasteiger charge is -2.19. The van der Waals surface area contributed by atoms with Gasteiger partial charge in [-0.3, -0.25) is 9.59 Å². The topological polar surface area (TPSA) is 84.7 Å². The molecular weight excluding hydrogens is 258 g/mol. The summed E-state index contributed by atoms with van der Waals surface area (Å²) in [5.41, 5.74) is 6.30. The van der Waals surface area contributed by atoms with Gasteiger partial charge in [0.05, 0.1) is 25.3 Å². The molecule has 2 amide bonds. The van der Waals surface area contributed by atoms with E-state index in [0.29, 0.717) is 24.5 Å². The smallest absolute Gasteiger partial charge is 0.239 e. The molecule has 6 heteroatoms. The van der Waals surface area contributed by atoms with Crippen molar-refractivity contribution >= 4 is 17.5 Å². The van der Waals surface area contributed by atoms with Gasteiger partial charge in [0.25, 0.3) is 0 Å². The third kappa shape index (κ3) is 3.88. The van der Waals surface area contributed by atoms with Crippen LogP contribution in [0.5, 0.6) is 5.75 Å². The van der Waals surface area contributed by atoms with Gasteiger partial charge in [-0.2, -0.15) is 0 Å². The summed E-state index contributed by atoms with van der Waals surface area (Å²) in [5.74, 6) is 0.398. The normalized spacial score (nSPS) is 15.4. The Labute approximate surface area is 117 Å². The van der Waals surface area contributed by atoms with E-state index < -0.39 is 0 Å². The fourth-order valence-electron chi connectivity index (χ4n) is 2.04. The fraction of sp³-hybridized carbons (Fsp3) is 0.429. The van der Waals surface area contributed by atoms with Crippen LogP contribution in [0.2, 0.25) is 0 Å². The van der Waals surface area contributed by atoms with Gasteiger partial charge < -0.3 is 20.7 Å². The van der Waals surface area contributed by atoms with Crippen LogP contribution in [0.15, 0.2) is 24.3 Å². The highest BCUT2D eigenvalue weighted by molar-refractivity contribution is 5.85. The molecule has 1 aliphatic heterocycles. The Bertz CT molecular complexity index is 490. The SMILES string of the molecule is Nc1ccccc1OCCC(=O)N1CCCNC(=O)C1. The number of nitrogens with one attached hydrogen (secondary N) is 1. The number of para-hydroxylation sites is 2. The van der Waals surface area contributed by atoms with Crippen LogP contribution in [0.1, 0.15) is 12.8 Å². The van der Waals surface area contributed by atoms with Gasteiger partial charge in [0.2, 0.25) is 11.8 Å². The molecule has 0 unspecified atom stereocenters. The summed E-state index contributed by atoms with van der Waals surface area (Å²) in [6, 6.07) is 7.16. The largest absolute Gasteiger partial charge is 0.491 e. The molecule has 0 atom stereocenters. The number of ether oxygens (including phenoxy) is 1. The summed E-state index contributed by atoms with van der Waals surface area (Å²) in [5, 5.41) is 2.74. The molecular formula is C14H19N3O3. The van der Waals surface area contributed by atoms with Crippen molar-refractivity contribution < 1.29 is 14.3 Å². The van der Waals surface area contributed by atoms with Gasteiger partial charge in [0.1, 0.15) is 5.75 Å². The van der Waals surface area contributed by atoms with E-state index in [-0.39, 0.29) is 31.4 Å². The van der Waals surface area contributed by atoms with Crippen LogP contribution < -0.4 is 15.8 Å². The zero-order valence-corrected chi connectivity index (χ0v) is 11.3. The van der Waals surface area contributed by atoms with Crippen molar-refractivity contribution in [3.8, 4) is 5.75 Å². The minimum atomic E-state index is -0.107. The van der Waals surface area contributed by atoms with Gasteiger partial charge in [0.15, 0.2) is 0 Å². The van der Waals surface area contributed by atoms with Crippen molar-refractivity contribution in [2.45, 2.75) is 12.8 Å². The summed E-state index contributed by atoms with van der Waals surface area (Å²) in [6.45, 7) is 1.61. The van der Waals surface area contributed by atoms with E-state index in [1.165, 1.54) is 0 Å². The quantitative estimate of drug-likeness (QED) is 0.780. The van der Waals surface area contributed by atoms with Gasteiger partial charge in [-0.25, -0.2) is 0 Å². The second-order valence-electron chi connectivity index (χ2n) is 4.66. The average molecular weight is 277 g/mol. The van der Waals surface area contributed by atoms with Gasteiger partial charge in [0, 0.05) is 13.1 Å². The molecule has 0 radical (unpaired) electrons. The summed E-state index contributed by atoms with van der Waals surface area (Å²) >= 11 is 0. The number of anilines is 1. The number of rotatable bonds is 4. The highest BCUT2D eigenvalue weighted by Crippen LogP contribution is 2.19. The van der Waals surface area contributed by atoms with Crippen LogP contribution >= 0.6 is 0 Å². The van der Waals surface area contributed by atoms with Gasteiger partial charge in [-0.1, -0.05) is 12.1 Å². The summed E-state index contributed by atoms with van der Waals surface area (Å²) in [6.07, 6.45) is 1.02. The van der Waals surface area contributed by atoms with Gasteiger partial charge in [-0.05, 0) is 18.6 Å². The Morgan fingerprint density at radius 3 is 3.00 bits per heavy atom. The maximum Gasteiger partial charge on any atom is 0.239 e. The standard InChI is InChI=1S/C14H19N3O3/c15-11-4-1-2-5-12(11)20-9-6-14(19)17-8-3-7-16-13(18)10-17/h1-2,4-5H,3,6-10,15H2,(H,16,18). The monoisotopic (exact) mass is 277 g/mol. The molecule has 1 aromatic rings. The number of nitrogen functional groups attached to an aromatic ring is 1. The highest BCUT2D eigenvalue weighted by Gasteiger charge is 2.19. The maximum atomic E-state index is 12.0. The van der Waals surface area contributed by atoms with Gasteiger partial charge in [-0.15, -0.1) is 0 Å². The van der Waals surface area contributed by atoms with Crippen molar-refractivity contribution in [3.05, 3.63) is 24.3 Å². The Balaban J connectivity index is 1.80. The van der Waals surface area contributed by atoms with Crippen LogP contribution in [-0.2, 0) is 9.59 Å². The van der Waals surface area contributed by atoms with Gasteiger partial charge >= 0.3 is 0 Å². The van der Waals surface area contributed by atoms with Crippen LogP contribution in [-0.4, -0.2) is 43.0 Å². The van der Waals surface area contributed by atoms with E-state index in [1.807, 2.05) is 12.1 Å². The Kier molecular flexibility index (Phi) is 4.81. The number of hydrogen-bond donors (Lipinski definition) is 2. The molecule has 6 nitrogen and oxygen atoms in total. The first kappa shape index (κ1) is 14.2. The average Bonchev–Trinajstić information content (AvgIpc) is 2.65. The number of carbonyl (C=O) groups is 2. The molecule has 20 heavy (non-hydrogen) atoms. The minimum absolute atomic E-state index is 0.0726. The first-order valence-electron chi connectivity index (χ1n) is 6.68. The highest BCUT2D eigenvalue weighted by atomic mass is 16.5. The second-order valence-corrected chi connectivity index (χ2v) is 4.66. The van der Waals surface area contributed by atoms with Crippen LogP contribution in [0.4, 0.5) is 5.69 Å². The number of nitrogens with two attached hydrogens (primary N) is 1. The maximum absolute atomic E-state index is 12.0.